The predicted molar refractivity (Wildman–Crippen MR) is 40.4 cm³/mol. The molecule has 54 valence electrons. The van der Waals surface area contributed by atoms with Crippen LogP contribution in [0.5, 0.6) is 0 Å². The molecule has 1 heteroatoms. The van der Waals surface area contributed by atoms with Crippen molar-refractivity contribution in [2.45, 2.75) is 27.7 Å². The minimum atomic E-state index is 0.468. The van der Waals surface area contributed by atoms with Gasteiger partial charge in [-0.05, 0) is 17.4 Å². The highest BCUT2D eigenvalue weighted by molar-refractivity contribution is 5.02. The summed E-state index contributed by atoms with van der Waals surface area (Å²) in [5.41, 5.74) is 1.12. The van der Waals surface area contributed by atoms with Gasteiger partial charge in [0.15, 0.2) is 0 Å². The van der Waals surface area contributed by atoms with Gasteiger partial charge in [-0.3, -0.25) is 0 Å². The molecule has 0 rings (SSSR count). The van der Waals surface area contributed by atoms with Crippen LogP contribution in [-0.4, -0.2) is 5.11 Å². The standard InChI is InChI=1S/C8H16O/c1-6(2)8(5-9)7(3)4/h5-7,9H,1-4H3. The number of aliphatic hydroxyl groups excluding tert-OH is 1. The third-order valence-electron chi connectivity index (χ3n) is 1.48. The molecule has 0 heterocycles. The Morgan fingerprint density at radius 3 is 1.44 bits per heavy atom. The van der Waals surface area contributed by atoms with E-state index in [4.69, 9.17) is 5.11 Å². The Balaban J connectivity index is 4.01. The summed E-state index contributed by atoms with van der Waals surface area (Å²) in [5.74, 6) is 0.935. The highest BCUT2D eigenvalue weighted by Gasteiger charge is 2.06. The number of rotatable bonds is 2. The average molecular weight is 128 g/mol. The van der Waals surface area contributed by atoms with Crippen LogP contribution >= 0.6 is 0 Å². The van der Waals surface area contributed by atoms with E-state index >= 15 is 0 Å². The lowest BCUT2D eigenvalue weighted by molar-refractivity contribution is 0.443. The van der Waals surface area contributed by atoms with E-state index in [-0.39, 0.29) is 0 Å². The lowest BCUT2D eigenvalue weighted by Crippen LogP contribution is -2.01. The molecule has 9 heavy (non-hydrogen) atoms. The van der Waals surface area contributed by atoms with Crippen LogP contribution < -0.4 is 0 Å². The van der Waals surface area contributed by atoms with Crippen molar-refractivity contribution in [1.29, 1.82) is 0 Å². The highest BCUT2D eigenvalue weighted by atomic mass is 16.2. The minimum absolute atomic E-state index is 0.468. The molecule has 0 aromatic heterocycles. The first-order chi connectivity index (χ1) is 4.09. The molecule has 0 radical (unpaired) electrons. The second-order valence-electron chi connectivity index (χ2n) is 2.94. The van der Waals surface area contributed by atoms with Crippen LogP contribution in [0.2, 0.25) is 0 Å². The number of allylic oxidation sites excluding steroid dienone is 1. The Morgan fingerprint density at radius 1 is 1.11 bits per heavy atom. The first-order valence-corrected chi connectivity index (χ1v) is 3.43. The lowest BCUT2D eigenvalue weighted by Gasteiger charge is -2.12. The van der Waals surface area contributed by atoms with Crippen LogP contribution in [0.15, 0.2) is 11.8 Å². The van der Waals surface area contributed by atoms with Gasteiger partial charge in [0.05, 0.1) is 6.26 Å². The third kappa shape index (κ3) is 2.54. The lowest BCUT2D eigenvalue weighted by atomic mass is 9.94. The first-order valence-electron chi connectivity index (χ1n) is 3.43. The maximum absolute atomic E-state index is 8.70. The van der Waals surface area contributed by atoms with E-state index in [0.29, 0.717) is 11.8 Å². The van der Waals surface area contributed by atoms with Crippen LogP contribution in [0.25, 0.3) is 0 Å². The number of hydrogen-bond acceptors (Lipinski definition) is 1. The molecule has 0 amide bonds. The zero-order valence-electron chi connectivity index (χ0n) is 6.68. The largest absolute Gasteiger partial charge is 0.516 e. The molecule has 0 aliphatic rings. The van der Waals surface area contributed by atoms with E-state index in [1.165, 1.54) is 6.26 Å². The fraction of sp³-hybridized carbons (Fsp3) is 0.750. The summed E-state index contributed by atoms with van der Waals surface area (Å²) >= 11 is 0. The van der Waals surface area contributed by atoms with Gasteiger partial charge in [-0.25, -0.2) is 0 Å². The SMILES string of the molecule is CC(C)C(=CO)C(C)C. The van der Waals surface area contributed by atoms with Gasteiger partial charge in [0.1, 0.15) is 0 Å². The summed E-state index contributed by atoms with van der Waals surface area (Å²) in [7, 11) is 0. The van der Waals surface area contributed by atoms with Crippen LogP contribution in [0, 0.1) is 11.8 Å². The Hall–Kier alpha value is -0.460. The van der Waals surface area contributed by atoms with Gasteiger partial charge in [-0.1, -0.05) is 27.7 Å². The highest BCUT2D eigenvalue weighted by Crippen LogP contribution is 2.17. The molecule has 0 aliphatic heterocycles. The summed E-state index contributed by atoms with van der Waals surface area (Å²) in [5, 5.41) is 8.70. The van der Waals surface area contributed by atoms with E-state index in [1.54, 1.807) is 0 Å². The number of aliphatic hydroxyl groups is 1. The summed E-state index contributed by atoms with van der Waals surface area (Å²) in [6, 6.07) is 0. The van der Waals surface area contributed by atoms with Crippen LogP contribution in [-0.2, 0) is 0 Å². The molecule has 1 N–H and O–H groups in total. The Bertz CT molecular complexity index is 91.1. The van der Waals surface area contributed by atoms with E-state index in [2.05, 4.69) is 27.7 Å². The second kappa shape index (κ2) is 3.54. The molecule has 0 aromatic rings. The summed E-state index contributed by atoms with van der Waals surface area (Å²) in [4.78, 5) is 0. The zero-order valence-corrected chi connectivity index (χ0v) is 6.68. The van der Waals surface area contributed by atoms with Gasteiger partial charge < -0.3 is 5.11 Å². The van der Waals surface area contributed by atoms with Crippen LogP contribution in [0.3, 0.4) is 0 Å². The molecule has 0 fully saturated rings. The van der Waals surface area contributed by atoms with E-state index in [9.17, 15) is 0 Å². The third-order valence-corrected chi connectivity index (χ3v) is 1.48. The molecular formula is C8H16O. The molecule has 0 aliphatic carbocycles. The average Bonchev–Trinajstić information content (AvgIpc) is 1.64. The van der Waals surface area contributed by atoms with Crippen molar-refractivity contribution in [2.75, 3.05) is 0 Å². The second-order valence-corrected chi connectivity index (χ2v) is 2.94. The van der Waals surface area contributed by atoms with Crippen molar-refractivity contribution in [3.8, 4) is 0 Å². The van der Waals surface area contributed by atoms with Crippen molar-refractivity contribution in [1.82, 2.24) is 0 Å². The Labute approximate surface area is 57.4 Å². The predicted octanol–water partition coefficient (Wildman–Crippen LogP) is 2.74. The molecule has 0 saturated heterocycles. The van der Waals surface area contributed by atoms with Gasteiger partial charge >= 0.3 is 0 Å². The van der Waals surface area contributed by atoms with Crippen molar-refractivity contribution in [3.63, 3.8) is 0 Å². The summed E-state index contributed by atoms with van der Waals surface area (Å²) < 4.78 is 0. The van der Waals surface area contributed by atoms with Crippen molar-refractivity contribution in [2.24, 2.45) is 11.8 Å². The van der Waals surface area contributed by atoms with Crippen molar-refractivity contribution in [3.05, 3.63) is 11.8 Å². The quantitative estimate of drug-likeness (QED) is 0.567. The first kappa shape index (κ1) is 8.54. The fourth-order valence-corrected chi connectivity index (χ4v) is 0.965. The number of hydrogen-bond donors (Lipinski definition) is 1. The smallest absolute Gasteiger partial charge is 0.0788 e. The Kier molecular flexibility index (Phi) is 3.36. The van der Waals surface area contributed by atoms with E-state index in [0.717, 1.165) is 5.57 Å². The minimum Gasteiger partial charge on any atom is -0.516 e. The van der Waals surface area contributed by atoms with E-state index < -0.39 is 0 Å². The molecule has 0 unspecified atom stereocenters. The van der Waals surface area contributed by atoms with Crippen molar-refractivity contribution >= 4 is 0 Å². The van der Waals surface area contributed by atoms with Gasteiger partial charge in [0, 0.05) is 0 Å². The zero-order chi connectivity index (χ0) is 7.44. The molecule has 0 atom stereocenters. The molecular weight excluding hydrogens is 112 g/mol. The van der Waals surface area contributed by atoms with Gasteiger partial charge in [0.2, 0.25) is 0 Å². The molecule has 0 bridgehead atoms. The van der Waals surface area contributed by atoms with Crippen LogP contribution in [0.4, 0.5) is 0 Å². The maximum Gasteiger partial charge on any atom is 0.0788 e. The normalized spacial score (nSPS) is 10.4. The molecule has 1 nitrogen and oxygen atoms in total. The Morgan fingerprint density at radius 2 is 1.44 bits per heavy atom. The van der Waals surface area contributed by atoms with Gasteiger partial charge in [-0.2, -0.15) is 0 Å². The van der Waals surface area contributed by atoms with Gasteiger partial charge in [-0.15, -0.1) is 0 Å². The summed E-state index contributed by atoms with van der Waals surface area (Å²) in [6.45, 7) is 8.34. The summed E-state index contributed by atoms with van der Waals surface area (Å²) in [6.07, 6.45) is 1.23. The molecule has 0 aromatic carbocycles. The monoisotopic (exact) mass is 128 g/mol. The molecule has 0 spiro atoms. The maximum atomic E-state index is 8.70. The topological polar surface area (TPSA) is 20.2 Å². The van der Waals surface area contributed by atoms with Crippen LogP contribution in [0.1, 0.15) is 27.7 Å². The van der Waals surface area contributed by atoms with Crippen molar-refractivity contribution < 1.29 is 5.11 Å². The molecule has 0 saturated carbocycles. The fourth-order valence-electron chi connectivity index (χ4n) is 0.965. The van der Waals surface area contributed by atoms with Gasteiger partial charge in [0.25, 0.3) is 0 Å². The van der Waals surface area contributed by atoms with E-state index in [1.807, 2.05) is 0 Å².